The first-order valence-electron chi connectivity index (χ1n) is 11.9. The van der Waals surface area contributed by atoms with Crippen LogP contribution in [-0.4, -0.2) is 29.2 Å². The van der Waals surface area contributed by atoms with E-state index in [1.807, 2.05) is 6.92 Å². The minimum absolute atomic E-state index is 0.181. The van der Waals surface area contributed by atoms with E-state index in [0.717, 1.165) is 43.4 Å². The Hall–Kier alpha value is -0.410. The smallest absolute Gasteiger partial charge is 0.133 e. The van der Waals surface area contributed by atoms with Gasteiger partial charge in [-0.2, -0.15) is 0 Å². The first-order valence-corrected chi connectivity index (χ1v) is 11.9. The molecule has 8 atom stereocenters. The zero-order chi connectivity index (χ0) is 20.3. The molecule has 0 aromatic heterocycles. The monoisotopic (exact) mass is 390 g/mol. The van der Waals surface area contributed by atoms with Crippen LogP contribution in [0.15, 0.2) is 0 Å². The van der Waals surface area contributed by atoms with Crippen LogP contribution in [0, 0.1) is 40.4 Å². The molecule has 0 aliphatic heterocycles. The average molecular weight is 391 g/mol. The predicted molar refractivity (Wildman–Crippen MR) is 112 cm³/mol. The van der Waals surface area contributed by atoms with Gasteiger partial charge in [0.25, 0.3) is 0 Å². The maximum Gasteiger partial charge on any atom is 0.133 e. The minimum Gasteiger partial charge on any atom is -0.387 e. The van der Waals surface area contributed by atoms with Crippen LogP contribution in [0.2, 0.25) is 0 Å². The molecule has 0 aromatic carbocycles. The van der Waals surface area contributed by atoms with Crippen LogP contribution in [0.1, 0.15) is 92.4 Å². The molecule has 4 fully saturated rings. The van der Waals surface area contributed by atoms with Gasteiger partial charge in [0.2, 0.25) is 0 Å². The summed E-state index contributed by atoms with van der Waals surface area (Å²) in [5.41, 5.74) is -0.0170. The molecule has 160 valence electrons. The molecule has 4 rings (SSSR count). The van der Waals surface area contributed by atoms with Gasteiger partial charge in [-0.25, -0.2) is 0 Å². The van der Waals surface area contributed by atoms with E-state index in [-0.39, 0.29) is 11.5 Å². The second kappa shape index (κ2) is 7.08. The number of carbonyl (C=O) groups is 1. The van der Waals surface area contributed by atoms with Gasteiger partial charge >= 0.3 is 0 Å². The van der Waals surface area contributed by atoms with Gasteiger partial charge in [0, 0.05) is 5.92 Å². The molecule has 3 heteroatoms. The number of hydrogen-bond donors (Lipinski definition) is 1. The first kappa shape index (κ1) is 20.8. The molecule has 0 spiro atoms. The van der Waals surface area contributed by atoms with Gasteiger partial charge < -0.3 is 9.84 Å². The molecule has 4 saturated carbocycles. The fourth-order valence-corrected chi connectivity index (χ4v) is 8.44. The second-order valence-electron chi connectivity index (χ2n) is 11.7. The Kier molecular flexibility index (Phi) is 5.27. The number of Topliss-reactive ketones (excluding diaryl/α,β-unsaturated/α-hetero) is 1. The molecule has 0 saturated heterocycles. The third-order valence-corrected chi connectivity index (χ3v) is 10.00. The van der Waals surface area contributed by atoms with Gasteiger partial charge in [-0.15, -0.1) is 0 Å². The molecule has 0 unspecified atom stereocenters. The normalized spacial score (nSPS) is 50.8. The van der Waals surface area contributed by atoms with Crippen molar-refractivity contribution in [3.8, 4) is 0 Å². The molecule has 1 N–H and O–H groups in total. The molecule has 4 aliphatic rings. The van der Waals surface area contributed by atoms with E-state index in [4.69, 9.17) is 4.74 Å². The Bertz CT molecular complexity index is 615. The van der Waals surface area contributed by atoms with Crippen molar-refractivity contribution in [3.63, 3.8) is 0 Å². The zero-order valence-corrected chi connectivity index (χ0v) is 18.8. The van der Waals surface area contributed by atoms with Gasteiger partial charge in [0.1, 0.15) is 5.78 Å². The Balaban J connectivity index is 1.51. The zero-order valence-electron chi connectivity index (χ0n) is 18.8. The average Bonchev–Trinajstić information content (AvgIpc) is 2.98. The van der Waals surface area contributed by atoms with E-state index in [1.165, 1.54) is 32.1 Å². The number of rotatable bonds is 4. The fraction of sp³-hybridized carbons (Fsp3) is 0.960. The molecule has 0 radical (unpaired) electrons. The van der Waals surface area contributed by atoms with Crippen LogP contribution in [0.3, 0.4) is 0 Å². The van der Waals surface area contributed by atoms with Gasteiger partial charge in [-0.3, -0.25) is 4.79 Å². The quantitative estimate of drug-likeness (QED) is 0.700. The highest BCUT2D eigenvalue weighted by Gasteiger charge is 2.61. The Morgan fingerprint density at radius 2 is 1.71 bits per heavy atom. The van der Waals surface area contributed by atoms with Crippen LogP contribution in [0.4, 0.5) is 0 Å². The van der Waals surface area contributed by atoms with Gasteiger partial charge in [-0.05, 0) is 113 Å². The summed E-state index contributed by atoms with van der Waals surface area (Å²) in [5.74, 6) is 3.67. The van der Waals surface area contributed by atoms with Crippen molar-refractivity contribution in [1.29, 1.82) is 0 Å². The van der Waals surface area contributed by atoms with E-state index in [0.29, 0.717) is 29.6 Å². The lowest BCUT2D eigenvalue weighted by Gasteiger charge is -2.62. The highest BCUT2D eigenvalue weighted by atomic mass is 16.5. The molecule has 0 bridgehead atoms. The van der Waals surface area contributed by atoms with Crippen LogP contribution >= 0.6 is 0 Å². The fourth-order valence-electron chi connectivity index (χ4n) is 8.44. The number of aliphatic hydroxyl groups is 1. The maximum atomic E-state index is 12.3. The van der Waals surface area contributed by atoms with Crippen LogP contribution in [0.25, 0.3) is 0 Å². The Morgan fingerprint density at radius 1 is 1.00 bits per heavy atom. The first-order chi connectivity index (χ1) is 13.1. The maximum absolute atomic E-state index is 12.3. The third kappa shape index (κ3) is 3.20. The number of ketones is 1. The number of carbonyl (C=O) groups excluding carboxylic acids is 1. The van der Waals surface area contributed by atoms with Crippen molar-refractivity contribution in [3.05, 3.63) is 0 Å². The topological polar surface area (TPSA) is 46.5 Å². The summed E-state index contributed by atoms with van der Waals surface area (Å²) in [6.07, 6.45) is 10.6. The molecular weight excluding hydrogens is 348 g/mol. The van der Waals surface area contributed by atoms with Gasteiger partial charge in [-0.1, -0.05) is 13.8 Å². The summed E-state index contributed by atoms with van der Waals surface area (Å²) in [7, 11) is 0. The van der Waals surface area contributed by atoms with Crippen molar-refractivity contribution in [1.82, 2.24) is 0 Å². The molecule has 0 aromatic rings. The molecule has 28 heavy (non-hydrogen) atoms. The number of ether oxygens (including phenoxy) is 1. The predicted octanol–water partition coefficient (Wildman–Crippen LogP) is 5.39. The van der Waals surface area contributed by atoms with E-state index in [2.05, 4.69) is 27.7 Å². The lowest BCUT2D eigenvalue weighted by Crippen LogP contribution is -2.57. The molecular formula is C25H42O3. The van der Waals surface area contributed by atoms with Crippen molar-refractivity contribution < 1.29 is 14.6 Å². The summed E-state index contributed by atoms with van der Waals surface area (Å²) in [4.78, 5) is 12.3. The van der Waals surface area contributed by atoms with Crippen LogP contribution in [-0.2, 0) is 9.53 Å². The summed E-state index contributed by atoms with van der Waals surface area (Å²) in [6.45, 7) is 11.4. The molecule has 0 amide bonds. The lowest BCUT2D eigenvalue weighted by atomic mass is 9.44. The van der Waals surface area contributed by atoms with Crippen molar-refractivity contribution in [2.45, 2.75) is 104 Å². The summed E-state index contributed by atoms with van der Waals surface area (Å²) < 4.78 is 5.83. The second-order valence-corrected chi connectivity index (χ2v) is 11.7. The van der Waals surface area contributed by atoms with Gasteiger partial charge in [0.15, 0.2) is 0 Å². The van der Waals surface area contributed by atoms with Crippen molar-refractivity contribution in [2.24, 2.45) is 40.4 Å². The van der Waals surface area contributed by atoms with Crippen molar-refractivity contribution in [2.75, 3.05) is 6.61 Å². The van der Waals surface area contributed by atoms with E-state index < -0.39 is 5.60 Å². The Labute approximate surface area is 172 Å². The van der Waals surface area contributed by atoms with Gasteiger partial charge in [0.05, 0.1) is 18.3 Å². The van der Waals surface area contributed by atoms with Crippen molar-refractivity contribution >= 4 is 5.78 Å². The van der Waals surface area contributed by atoms with E-state index in [1.54, 1.807) is 0 Å². The molecule has 0 heterocycles. The minimum atomic E-state index is -0.627. The highest BCUT2D eigenvalue weighted by molar-refractivity contribution is 5.79. The van der Waals surface area contributed by atoms with E-state index in [9.17, 15) is 9.90 Å². The number of fused-ring (bicyclic) bond motifs is 5. The largest absolute Gasteiger partial charge is 0.387 e. The molecule has 4 aliphatic carbocycles. The lowest BCUT2D eigenvalue weighted by molar-refractivity contribution is -0.169. The Morgan fingerprint density at radius 3 is 2.39 bits per heavy atom. The SMILES string of the molecule is CC(=O)[C@H]1CC[C@H]2[C@@H]3CC[C@H]4C[C@@](O)(COC(C)C)CC[C@]4(C)[C@H]3CC[C@]12C. The standard InChI is InChI=1S/C25H42O3/c1-16(2)28-15-25(27)13-12-23(4)18(14-25)6-7-19-21-9-8-20(17(3)26)24(21,5)11-10-22(19)23/h16,18-22,27H,6-15H2,1-5H3/t18-,19-,20+,21-,22-,23-,24+,25+/m0/s1. The van der Waals surface area contributed by atoms with Crippen LogP contribution in [0.5, 0.6) is 0 Å². The van der Waals surface area contributed by atoms with Crippen LogP contribution < -0.4 is 0 Å². The summed E-state index contributed by atoms with van der Waals surface area (Å²) in [5, 5.41) is 11.2. The van der Waals surface area contributed by atoms with E-state index >= 15 is 0 Å². The third-order valence-electron chi connectivity index (χ3n) is 10.00. The molecule has 3 nitrogen and oxygen atoms in total. The summed E-state index contributed by atoms with van der Waals surface area (Å²) >= 11 is 0. The summed E-state index contributed by atoms with van der Waals surface area (Å²) in [6, 6.07) is 0. The highest BCUT2D eigenvalue weighted by Crippen LogP contribution is 2.68. The number of hydrogen-bond acceptors (Lipinski definition) is 3.